The van der Waals surface area contributed by atoms with Crippen molar-refractivity contribution in [2.75, 3.05) is 38.1 Å². The van der Waals surface area contributed by atoms with Crippen LogP contribution in [-0.4, -0.2) is 57.5 Å². The Bertz CT molecular complexity index is 1360. The summed E-state index contributed by atoms with van der Waals surface area (Å²) in [6.07, 6.45) is 7.50. The molecular formula is C24H22N6S. The molecule has 5 heterocycles. The molecule has 6 nitrogen and oxygen atoms in total. The van der Waals surface area contributed by atoms with E-state index in [1.807, 2.05) is 6.20 Å². The van der Waals surface area contributed by atoms with Gasteiger partial charge in [-0.3, -0.25) is 9.38 Å². The minimum absolute atomic E-state index is 0.929. The van der Waals surface area contributed by atoms with Crippen LogP contribution < -0.4 is 4.90 Å². The Balaban J connectivity index is 1.31. The van der Waals surface area contributed by atoms with Gasteiger partial charge in [0.05, 0.1) is 11.9 Å². The Morgan fingerprint density at radius 3 is 2.52 bits per heavy atom. The second-order valence-corrected chi connectivity index (χ2v) is 8.84. The second kappa shape index (κ2) is 7.44. The van der Waals surface area contributed by atoms with Crippen LogP contribution in [0.4, 0.5) is 5.69 Å². The Morgan fingerprint density at radius 2 is 1.68 bits per heavy atom. The summed E-state index contributed by atoms with van der Waals surface area (Å²) in [7, 11) is 2.19. The molecule has 1 saturated heterocycles. The zero-order valence-corrected chi connectivity index (χ0v) is 18.1. The lowest BCUT2D eigenvalue weighted by molar-refractivity contribution is 0.313. The monoisotopic (exact) mass is 426 g/mol. The van der Waals surface area contributed by atoms with Gasteiger partial charge in [0.2, 0.25) is 0 Å². The van der Waals surface area contributed by atoms with Crippen LogP contribution in [0.5, 0.6) is 0 Å². The highest BCUT2D eigenvalue weighted by Crippen LogP contribution is 2.32. The molecule has 0 amide bonds. The third-order valence-electron chi connectivity index (χ3n) is 6.07. The lowest BCUT2D eigenvalue weighted by atomic mass is 10.1. The summed E-state index contributed by atoms with van der Waals surface area (Å²) in [5.41, 5.74) is 7.65. The molecule has 0 N–H and O–H groups in total. The first-order valence-electron chi connectivity index (χ1n) is 10.5. The van der Waals surface area contributed by atoms with Crippen LogP contribution in [0.25, 0.3) is 38.4 Å². The van der Waals surface area contributed by atoms with Gasteiger partial charge in [0, 0.05) is 61.4 Å². The van der Waals surface area contributed by atoms with Gasteiger partial charge in [-0.05, 0) is 42.4 Å². The first-order valence-corrected chi connectivity index (χ1v) is 11.3. The highest BCUT2D eigenvalue weighted by atomic mass is 32.1. The summed E-state index contributed by atoms with van der Waals surface area (Å²) >= 11 is 1.61. The molecule has 1 fully saturated rings. The summed E-state index contributed by atoms with van der Waals surface area (Å²) in [6, 6.07) is 13.2. The third-order valence-corrected chi connectivity index (χ3v) is 6.94. The van der Waals surface area contributed by atoms with E-state index in [2.05, 4.69) is 84.2 Å². The quantitative estimate of drug-likeness (QED) is 0.427. The predicted octanol–water partition coefficient (Wildman–Crippen LogP) is 4.42. The van der Waals surface area contributed by atoms with Crippen LogP contribution in [0.2, 0.25) is 0 Å². The van der Waals surface area contributed by atoms with E-state index in [0.717, 1.165) is 53.4 Å². The van der Waals surface area contributed by atoms with Crippen molar-refractivity contribution in [3.05, 3.63) is 66.6 Å². The molecule has 0 spiro atoms. The van der Waals surface area contributed by atoms with Crippen LogP contribution in [0.3, 0.4) is 0 Å². The molecule has 1 aliphatic rings. The lowest BCUT2D eigenvalue weighted by Gasteiger charge is -2.34. The maximum Gasteiger partial charge on any atom is 0.142 e. The number of benzene rings is 1. The molecule has 0 unspecified atom stereocenters. The van der Waals surface area contributed by atoms with Crippen LogP contribution in [0, 0.1) is 0 Å². The summed E-state index contributed by atoms with van der Waals surface area (Å²) in [4.78, 5) is 19.4. The molecule has 5 aromatic rings. The number of anilines is 1. The Labute approximate surface area is 184 Å². The number of likely N-dealkylation sites (N-methyl/N-ethyl adjacent to an activating group) is 1. The predicted molar refractivity (Wildman–Crippen MR) is 127 cm³/mol. The molecule has 0 bridgehead atoms. The number of rotatable bonds is 3. The molecule has 6 rings (SSSR count). The first kappa shape index (κ1) is 18.5. The van der Waals surface area contributed by atoms with Crippen molar-refractivity contribution >= 4 is 33.0 Å². The Kier molecular flexibility index (Phi) is 4.44. The van der Waals surface area contributed by atoms with Gasteiger partial charge in [-0.2, -0.15) is 0 Å². The molecule has 0 radical (unpaired) electrons. The summed E-state index contributed by atoms with van der Waals surface area (Å²) in [5.74, 6) is 0. The fourth-order valence-electron chi connectivity index (χ4n) is 4.24. The van der Waals surface area contributed by atoms with Gasteiger partial charge in [0.1, 0.15) is 16.0 Å². The van der Waals surface area contributed by atoms with Crippen molar-refractivity contribution < 1.29 is 0 Å². The van der Waals surface area contributed by atoms with Gasteiger partial charge in [-0.1, -0.05) is 12.1 Å². The number of fused-ring (bicyclic) bond motifs is 2. The van der Waals surface area contributed by atoms with E-state index in [9.17, 15) is 0 Å². The standard InChI is InChI=1S/C24H22N6S/c1-28-10-12-29(13-11-28)19-4-2-17(3-5-19)18-6-9-30-21(15-27-22(30)14-18)20-16-31-24-23(20)25-7-8-26-24/h2-9,14-16H,10-13H2,1H3. The molecule has 1 aromatic carbocycles. The number of thiophene rings is 1. The smallest absolute Gasteiger partial charge is 0.142 e. The molecular weight excluding hydrogens is 404 g/mol. The minimum Gasteiger partial charge on any atom is -0.369 e. The van der Waals surface area contributed by atoms with Gasteiger partial charge >= 0.3 is 0 Å². The average Bonchev–Trinajstić information content (AvgIpc) is 3.43. The molecule has 7 heteroatoms. The van der Waals surface area contributed by atoms with Crippen molar-refractivity contribution in [3.8, 4) is 22.4 Å². The van der Waals surface area contributed by atoms with E-state index < -0.39 is 0 Å². The highest BCUT2D eigenvalue weighted by Gasteiger charge is 2.15. The fraction of sp³-hybridized carbons (Fsp3) is 0.208. The average molecular weight is 427 g/mol. The van der Waals surface area contributed by atoms with Crippen LogP contribution in [-0.2, 0) is 0 Å². The maximum atomic E-state index is 4.67. The summed E-state index contributed by atoms with van der Waals surface area (Å²) in [6.45, 7) is 4.40. The summed E-state index contributed by atoms with van der Waals surface area (Å²) < 4.78 is 2.12. The van der Waals surface area contributed by atoms with E-state index in [1.165, 1.54) is 16.8 Å². The second-order valence-electron chi connectivity index (χ2n) is 7.98. The van der Waals surface area contributed by atoms with Gasteiger partial charge in [0.15, 0.2) is 0 Å². The van der Waals surface area contributed by atoms with Crippen LogP contribution in [0.15, 0.2) is 66.6 Å². The number of nitrogens with zero attached hydrogens (tertiary/aromatic N) is 6. The van der Waals surface area contributed by atoms with E-state index in [1.54, 1.807) is 23.7 Å². The molecule has 4 aromatic heterocycles. The normalized spacial score (nSPS) is 15.2. The van der Waals surface area contributed by atoms with Crippen molar-refractivity contribution in [3.63, 3.8) is 0 Å². The molecule has 1 aliphatic heterocycles. The SMILES string of the molecule is CN1CCN(c2ccc(-c3ccn4c(-c5csc6nccnc56)cnc4c3)cc2)CC1. The molecule has 0 atom stereocenters. The van der Waals surface area contributed by atoms with Gasteiger partial charge in [0.25, 0.3) is 0 Å². The third kappa shape index (κ3) is 3.26. The minimum atomic E-state index is 0.929. The highest BCUT2D eigenvalue weighted by molar-refractivity contribution is 7.17. The Morgan fingerprint density at radius 1 is 0.871 bits per heavy atom. The van der Waals surface area contributed by atoms with Crippen LogP contribution >= 0.6 is 11.3 Å². The Hall–Kier alpha value is -3.29. The molecule has 154 valence electrons. The largest absolute Gasteiger partial charge is 0.369 e. The number of hydrogen-bond donors (Lipinski definition) is 0. The number of aromatic nitrogens is 4. The van der Waals surface area contributed by atoms with E-state index in [0.29, 0.717) is 0 Å². The molecule has 0 aliphatic carbocycles. The molecule has 31 heavy (non-hydrogen) atoms. The van der Waals surface area contributed by atoms with Gasteiger partial charge in [-0.15, -0.1) is 11.3 Å². The van der Waals surface area contributed by atoms with E-state index >= 15 is 0 Å². The number of piperazine rings is 1. The fourth-order valence-corrected chi connectivity index (χ4v) is 5.10. The zero-order chi connectivity index (χ0) is 20.8. The number of hydrogen-bond acceptors (Lipinski definition) is 6. The van der Waals surface area contributed by atoms with E-state index in [4.69, 9.17) is 0 Å². The number of imidazole rings is 1. The molecule has 0 saturated carbocycles. The zero-order valence-electron chi connectivity index (χ0n) is 17.3. The van der Waals surface area contributed by atoms with Crippen LogP contribution in [0.1, 0.15) is 0 Å². The van der Waals surface area contributed by atoms with Gasteiger partial charge < -0.3 is 9.80 Å². The summed E-state index contributed by atoms with van der Waals surface area (Å²) in [5, 5.41) is 2.11. The van der Waals surface area contributed by atoms with Crippen molar-refractivity contribution in [2.24, 2.45) is 0 Å². The van der Waals surface area contributed by atoms with Gasteiger partial charge in [-0.25, -0.2) is 9.97 Å². The first-order chi connectivity index (χ1) is 15.3. The van der Waals surface area contributed by atoms with E-state index in [-0.39, 0.29) is 0 Å². The lowest BCUT2D eigenvalue weighted by Crippen LogP contribution is -2.44. The van der Waals surface area contributed by atoms with Crippen molar-refractivity contribution in [1.29, 1.82) is 0 Å². The topological polar surface area (TPSA) is 49.6 Å². The maximum absolute atomic E-state index is 4.67. The number of pyridine rings is 1. The van der Waals surface area contributed by atoms with Crippen molar-refractivity contribution in [2.45, 2.75) is 0 Å². The van der Waals surface area contributed by atoms with Crippen molar-refractivity contribution in [1.82, 2.24) is 24.3 Å².